The van der Waals surface area contributed by atoms with Gasteiger partial charge in [0.15, 0.2) is 4.80 Å². The lowest BCUT2D eigenvalue weighted by atomic mass is 9.96. The van der Waals surface area contributed by atoms with Crippen molar-refractivity contribution in [1.29, 1.82) is 0 Å². The van der Waals surface area contributed by atoms with E-state index in [4.69, 9.17) is 4.74 Å². The van der Waals surface area contributed by atoms with Crippen LogP contribution in [0.2, 0.25) is 0 Å². The maximum Gasteiger partial charge on any atom is 0.338 e. The van der Waals surface area contributed by atoms with Gasteiger partial charge in [-0.3, -0.25) is 9.36 Å². The first-order chi connectivity index (χ1) is 14.4. The summed E-state index contributed by atoms with van der Waals surface area (Å²) in [4.78, 5) is 30.9. The van der Waals surface area contributed by atoms with E-state index in [1.807, 2.05) is 24.3 Å². The summed E-state index contributed by atoms with van der Waals surface area (Å²) in [6.07, 6.45) is 1.69. The molecule has 3 aromatic rings. The number of carbonyl (C=O) groups is 1. The molecule has 2 heterocycles. The summed E-state index contributed by atoms with van der Waals surface area (Å²) in [5, 5.41) is 0. The number of benzene rings is 2. The molecule has 2 aromatic carbocycles. The average molecular weight is 487 g/mol. The van der Waals surface area contributed by atoms with E-state index in [2.05, 4.69) is 20.9 Å². The van der Waals surface area contributed by atoms with Gasteiger partial charge in [0, 0.05) is 4.47 Å². The number of fused-ring (bicyclic) bond motifs is 1. The zero-order valence-corrected chi connectivity index (χ0v) is 18.5. The van der Waals surface area contributed by atoms with Gasteiger partial charge in [0.25, 0.3) is 5.56 Å². The van der Waals surface area contributed by atoms with Crippen molar-refractivity contribution in [2.75, 3.05) is 7.11 Å². The molecule has 1 aromatic heterocycles. The maximum absolute atomic E-state index is 13.3. The minimum atomic E-state index is -0.665. The van der Waals surface area contributed by atoms with E-state index >= 15 is 0 Å². The van der Waals surface area contributed by atoms with Gasteiger partial charge in [0.1, 0.15) is 5.82 Å². The first kappa shape index (κ1) is 20.4. The van der Waals surface area contributed by atoms with Crippen LogP contribution in [0.15, 0.2) is 74.1 Å². The first-order valence-electron chi connectivity index (χ1n) is 9.01. The molecule has 0 amide bonds. The van der Waals surface area contributed by atoms with Crippen molar-refractivity contribution >= 4 is 39.3 Å². The van der Waals surface area contributed by atoms with Gasteiger partial charge < -0.3 is 4.74 Å². The van der Waals surface area contributed by atoms with Gasteiger partial charge >= 0.3 is 5.97 Å². The third-order valence-electron chi connectivity index (χ3n) is 4.76. The molecule has 0 fully saturated rings. The van der Waals surface area contributed by atoms with Gasteiger partial charge in [-0.1, -0.05) is 51.5 Å². The van der Waals surface area contributed by atoms with E-state index < -0.39 is 12.0 Å². The molecule has 1 unspecified atom stereocenters. The number of aromatic nitrogens is 1. The lowest BCUT2D eigenvalue weighted by Crippen LogP contribution is -2.39. The highest BCUT2D eigenvalue weighted by molar-refractivity contribution is 9.10. The summed E-state index contributed by atoms with van der Waals surface area (Å²) in [7, 11) is 1.31. The normalized spacial score (nSPS) is 16.3. The molecule has 4 rings (SSSR count). The smallest absolute Gasteiger partial charge is 0.338 e. The van der Waals surface area contributed by atoms with Crippen LogP contribution in [-0.4, -0.2) is 17.6 Å². The maximum atomic E-state index is 13.3. The molecular formula is C22H16BrFN2O3S. The molecule has 0 aliphatic carbocycles. The Morgan fingerprint density at radius 2 is 2.00 bits per heavy atom. The van der Waals surface area contributed by atoms with E-state index in [0.717, 1.165) is 10.0 Å². The molecule has 0 N–H and O–H groups in total. The molecule has 152 valence electrons. The zero-order chi connectivity index (χ0) is 21.4. The van der Waals surface area contributed by atoms with Gasteiger partial charge in [-0.25, -0.2) is 14.2 Å². The summed E-state index contributed by atoms with van der Waals surface area (Å²) >= 11 is 4.68. The number of thiazole rings is 1. The molecule has 0 bridgehead atoms. The predicted molar refractivity (Wildman–Crippen MR) is 116 cm³/mol. The van der Waals surface area contributed by atoms with Crippen molar-refractivity contribution in [3.05, 3.63) is 101 Å². The third kappa shape index (κ3) is 3.68. The van der Waals surface area contributed by atoms with E-state index in [0.29, 0.717) is 26.2 Å². The minimum absolute atomic E-state index is 0.276. The number of allylic oxidation sites excluding steroid dienone is 1. The number of hydrogen-bond acceptors (Lipinski definition) is 5. The molecule has 0 radical (unpaired) electrons. The fourth-order valence-corrected chi connectivity index (χ4v) is 4.86. The van der Waals surface area contributed by atoms with Crippen molar-refractivity contribution in [1.82, 2.24) is 4.57 Å². The molecule has 8 heteroatoms. The molecule has 1 aliphatic heterocycles. The number of ether oxygens (including phenoxy) is 1. The molecule has 0 saturated carbocycles. The molecule has 0 spiro atoms. The van der Waals surface area contributed by atoms with Crippen LogP contribution in [0, 0.1) is 5.82 Å². The quantitative estimate of drug-likeness (QED) is 0.533. The Hall–Kier alpha value is -2.84. The van der Waals surface area contributed by atoms with Crippen molar-refractivity contribution in [2.24, 2.45) is 4.99 Å². The standard InChI is InChI=1S/C22H16BrFN2O3S/c1-12-18(21(28)29-2)19(14-4-3-5-15(23)11-14)26-20(27)17(30-22(26)25-12)10-13-6-8-16(24)9-7-13/h3-11,19H,1-2H3. The van der Waals surface area contributed by atoms with Crippen molar-refractivity contribution in [3.63, 3.8) is 0 Å². The molecular weight excluding hydrogens is 471 g/mol. The number of halogens is 2. The monoisotopic (exact) mass is 486 g/mol. The number of hydrogen-bond donors (Lipinski definition) is 0. The third-order valence-corrected chi connectivity index (χ3v) is 6.24. The number of nitrogens with zero attached hydrogens (tertiary/aromatic N) is 2. The summed E-state index contributed by atoms with van der Waals surface area (Å²) in [5.41, 5.74) is 2.00. The highest BCUT2D eigenvalue weighted by Gasteiger charge is 2.33. The van der Waals surface area contributed by atoms with Gasteiger partial charge in [-0.15, -0.1) is 0 Å². The Morgan fingerprint density at radius 1 is 1.27 bits per heavy atom. The van der Waals surface area contributed by atoms with Crippen LogP contribution in [0.1, 0.15) is 24.1 Å². The Bertz CT molecular complexity index is 1360. The summed E-state index contributed by atoms with van der Waals surface area (Å²) in [6.45, 7) is 1.73. The Kier molecular flexibility index (Phi) is 5.53. The van der Waals surface area contributed by atoms with Crippen molar-refractivity contribution in [3.8, 4) is 0 Å². The zero-order valence-electron chi connectivity index (χ0n) is 16.1. The second-order valence-electron chi connectivity index (χ2n) is 6.68. The van der Waals surface area contributed by atoms with Crippen LogP contribution in [0.3, 0.4) is 0 Å². The topological polar surface area (TPSA) is 60.7 Å². The number of rotatable bonds is 3. The SMILES string of the molecule is COC(=O)C1=C(C)N=c2sc(=Cc3ccc(F)cc3)c(=O)n2C1c1cccc(Br)c1. The predicted octanol–water partition coefficient (Wildman–Crippen LogP) is 3.31. The van der Waals surface area contributed by atoms with Crippen LogP contribution < -0.4 is 14.9 Å². The van der Waals surface area contributed by atoms with Gasteiger partial charge in [0.2, 0.25) is 0 Å². The largest absolute Gasteiger partial charge is 0.466 e. The highest BCUT2D eigenvalue weighted by Crippen LogP contribution is 2.31. The van der Waals surface area contributed by atoms with E-state index in [-0.39, 0.29) is 11.4 Å². The molecule has 5 nitrogen and oxygen atoms in total. The Balaban J connectivity index is 1.98. The van der Waals surface area contributed by atoms with Gasteiger partial charge in [-0.2, -0.15) is 0 Å². The summed E-state index contributed by atoms with van der Waals surface area (Å²) < 4.78 is 21.0. The highest BCUT2D eigenvalue weighted by atomic mass is 79.9. The van der Waals surface area contributed by atoms with E-state index in [1.54, 1.807) is 25.1 Å². The second kappa shape index (κ2) is 8.12. The minimum Gasteiger partial charge on any atom is -0.466 e. The van der Waals surface area contributed by atoms with Crippen LogP contribution in [0.4, 0.5) is 4.39 Å². The van der Waals surface area contributed by atoms with Crippen LogP contribution in [0.5, 0.6) is 0 Å². The summed E-state index contributed by atoms with van der Waals surface area (Å²) in [6, 6.07) is 12.7. The number of esters is 1. The number of methoxy groups -OCH3 is 1. The average Bonchev–Trinajstić information content (AvgIpc) is 3.03. The fraction of sp³-hybridized carbons (Fsp3) is 0.136. The van der Waals surface area contributed by atoms with Gasteiger partial charge in [-0.05, 0) is 48.4 Å². The lowest BCUT2D eigenvalue weighted by Gasteiger charge is -2.24. The number of carbonyl (C=O) groups excluding carboxylic acids is 1. The van der Waals surface area contributed by atoms with E-state index in [9.17, 15) is 14.0 Å². The molecule has 1 aliphatic rings. The first-order valence-corrected chi connectivity index (χ1v) is 10.6. The lowest BCUT2D eigenvalue weighted by molar-refractivity contribution is -0.136. The molecule has 30 heavy (non-hydrogen) atoms. The van der Waals surface area contributed by atoms with Crippen molar-refractivity contribution < 1.29 is 13.9 Å². The van der Waals surface area contributed by atoms with Crippen LogP contribution >= 0.6 is 27.3 Å². The molecule has 1 atom stereocenters. The van der Waals surface area contributed by atoms with Crippen molar-refractivity contribution in [2.45, 2.75) is 13.0 Å². The van der Waals surface area contributed by atoms with Crippen LogP contribution in [-0.2, 0) is 9.53 Å². The molecule has 0 saturated heterocycles. The summed E-state index contributed by atoms with van der Waals surface area (Å²) in [5.74, 6) is -0.879. The Labute approximate surface area is 183 Å². The second-order valence-corrected chi connectivity index (χ2v) is 8.60. The van der Waals surface area contributed by atoms with Gasteiger partial charge in [0.05, 0.1) is 29.0 Å². The van der Waals surface area contributed by atoms with Crippen LogP contribution in [0.25, 0.3) is 6.08 Å². The van der Waals surface area contributed by atoms with E-state index in [1.165, 1.54) is 35.1 Å². The fourth-order valence-electron chi connectivity index (χ4n) is 3.40. The Morgan fingerprint density at radius 3 is 2.67 bits per heavy atom.